The van der Waals surface area contributed by atoms with Crippen LogP contribution in [0.1, 0.15) is 61.6 Å². The molecule has 2 aromatic carbocycles. The molecule has 2 aromatic rings. The first-order valence-corrected chi connectivity index (χ1v) is 11.8. The van der Waals surface area contributed by atoms with Gasteiger partial charge in [-0.1, -0.05) is 24.2 Å². The Labute approximate surface area is 198 Å². The van der Waals surface area contributed by atoms with Gasteiger partial charge in [0, 0.05) is 11.6 Å². The van der Waals surface area contributed by atoms with Crippen LogP contribution in [0.4, 0.5) is 5.69 Å². The normalized spacial score (nSPS) is 30.9. The van der Waals surface area contributed by atoms with Crippen LogP contribution in [0, 0.1) is 27.4 Å². The Balaban J connectivity index is 1.50. The number of aliphatic hydroxyl groups is 1. The SMILES string of the molecule is COc1cc2c(cc1O)/C(=N/OCc1ccccc1[N+](=O)[O-])C[C@@H]1[C@@H]2CC[C@]2(C)[C@@H](O)CC[C@@H]12. The van der Waals surface area contributed by atoms with Crippen molar-refractivity contribution in [3.63, 3.8) is 0 Å². The first kappa shape index (κ1) is 22.7. The molecular formula is C26H30N2O6. The topological polar surface area (TPSA) is 114 Å². The average Bonchev–Trinajstić information content (AvgIpc) is 3.13. The highest BCUT2D eigenvalue weighted by molar-refractivity contribution is 6.03. The Hall–Kier alpha value is -3.13. The van der Waals surface area contributed by atoms with Crippen molar-refractivity contribution in [3.05, 3.63) is 63.2 Å². The molecule has 0 saturated heterocycles. The van der Waals surface area contributed by atoms with Crippen LogP contribution < -0.4 is 4.74 Å². The summed E-state index contributed by atoms with van der Waals surface area (Å²) in [5.41, 5.74) is 2.99. The number of ether oxygens (including phenoxy) is 1. The van der Waals surface area contributed by atoms with Gasteiger partial charge in [-0.25, -0.2) is 0 Å². The molecule has 2 saturated carbocycles. The lowest BCUT2D eigenvalue weighted by Gasteiger charge is -2.50. The van der Waals surface area contributed by atoms with E-state index in [1.807, 2.05) is 6.07 Å². The number of hydrogen-bond acceptors (Lipinski definition) is 7. The van der Waals surface area contributed by atoms with Crippen LogP contribution in [0.2, 0.25) is 0 Å². The molecule has 0 heterocycles. The van der Waals surface area contributed by atoms with Gasteiger partial charge in [0.25, 0.3) is 5.69 Å². The van der Waals surface area contributed by atoms with Gasteiger partial charge in [0.1, 0.15) is 6.61 Å². The van der Waals surface area contributed by atoms with Crippen LogP contribution in [0.25, 0.3) is 0 Å². The number of fused-ring (bicyclic) bond motifs is 5. The fraction of sp³-hybridized carbons (Fsp3) is 0.500. The summed E-state index contributed by atoms with van der Waals surface area (Å²) in [5, 5.41) is 37.0. The minimum Gasteiger partial charge on any atom is -0.504 e. The number of aromatic hydroxyl groups is 1. The van der Waals surface area contributed by atoms with Gasteiger partial charge in [0.15, 0.2) is 11.5 Å². The molecule has 0 amide bonds. The van der Waals surface area contributed by atoms with Crippen molar-refractivity contribution in [1.29, 1.82) is 0 Å². The van der Waals surface area contributed by atoms with E-state index in [1.165, 1.54) is 13.2 Å². The molecule has 0 spiro atoms. The van der Waals surface area contributed by atoms with Gasteiger partial charge in [0.05, 0.1) is 29.4 Å². The lowest BCUT2D eigenvalue weighted by Crippen LogP contribution is -2.45. The Morgan fingerprint density at radius 3 is 2.79 bits per heavy atom. The van der Waals surface area contributed by atoms with Crippen LogP contribution in [0.5, 0.6) is 11.5 Å². The van der Waals surface area contributed by atoms with Crippen molar-refractivity contribution in [3.8, 4) is 11.5 Å². The molecular weight excluding hydrogens is 436 g/mol. The third-order valence-electron chi connectivity index (χ3n) is 8.46. The number of phenols is 1. The number of nitro benzene ring substituents is 1. The van der Waals surface area contributed by atoms with Crippen molar-refractivity contribution in [1.82, 2.24) is 0 Å². The lowest BCUT2D eigenvalue weighted by molar-refractivity contribution is -0.386. The highest BCUT2D eigenvalue weighted by Gasteiger charge is 2.55. The summed E-state index contributed by atoms with van der Waals surface area (Å²) < 4.78 is 5.40. The first-order chi connectivity index (χ1) is 16.3. The average molecular weight is 467 g/mol. The zero-order chi connectivity index (χ0) is 24.0. The molecule has 8 nitrogen and oxygen atoms in total. The summed E-state index contributed by atoms with van der Waals surface area (Å²) in [6.07, 6.45) is 4.10. The van der Waals surface area contributed by atoms with Crippen molar-refractivity contribution in [2.75, 3.05) is 7.11 Å². The van der Waals surface area contributed by atoms with Gasteiger partial charge in [-0.3, -0.25) is 10.1 Å². The lowest BCUT2D eigenvalue weighted by atomic mass is 9.55. The van der Waals surface area contributed by atoms with Crippen molar-refractivity contribution in [2.45, 2.75) is 57.7 Å². The van der Waals surface area contributed by atoms with Crippen LogP contribution in [0.3, 0.4) is 0 Å². The standard InChI is InChI=1S/C26H30N2O6/c1-26-10-9-16-17-13-24(33-2)23(29)12-19(17)21(11-18(16)20(26)7-8-25(26)30)27-34-14-15-5-3-4-6-22(15)28(31)32/h3-6,12-13,16,18,20,25,29-30H,7-11,14H2,1-2H3/b27-21+/t16-,18-,20+,25+,26+/m1/s1. The molecule has 0 unspecified atom stereocenters. The molecule has 5 atom stereocenters. The number of para-hydroxylation sites is 1. The van der Waals surface area contributed by atoms with Crippen molar-refractivity contribution >= 4 is 11.4 Å². The predicted octanol–water partition coefficient (Wildman–Crippen LogP) is 4.90. The van der Waals surface area contributed by atoms with E-state index in [1.54, 1.807) is 24.3 Å². The van der Waals surface area contributed by atoms with Crippen LogP contribution in [-0.4, -0.2) is 34.1 Å². The summed E-state index contributed by atoms with van der Waals surface area (Å²) in [5.74, 6) is 1.44. The molecule has 0 bridgehead atoms. The predicted molar refractivity (Wildman–Crippen MR) is 126 cm³/mol. The molecule has 180 valence electrons. The molecule has 0 aliphatic heterocycles. The third-order valence-corrected chi connectivity index (χ3v) is 8.46. The van der Waals surface area contributed by atoms with Gasteiger partial charge >= 0.3 is 0 Å². The number of nitrogens with zero attached hydrogens (tertiary/aromatic N) is 2. The fourth-order valence-electron chi connectivity index (χ4n) is 6.65. The van der Waals surface area contributed by atoms with E-state index in [0.29, 0.717) is 35.5 Å². The number of phenolic OH excluding ortho intramolecular Hbond substituents is 1. The number of hydrogen-bond donors (Lipinski definition) is 2. The van der Waals surface area contributed by atoms with E-state index in [-0.39, 0.29) is 29.6 Å². The van der Waals surface area contributed by atoms with E-state index >= 15 is 0 Å². The quantitative estimate of drug-likeness (QED) is 0.478. The van der Waals surface area contributed by atoms with E-state index in [9.17, 15) is 20.3 Å². The smallest absolute Gasteiger partial charge is 0.276 e. The first-order valence-electron chi connectivity index (χ1n) is 11.8. The maximum absolute atomic E-state index is 11.3. The second kappa shape index (κ2) is 8.58. The molecule has 3 aliphatic carbocycles. The van der Waals surface area contributed by atoms with Crippen molar-refractivity contribution in [2.24, 2.45) is 22.4 Å². The zero-order valence-electron chi connectivity index (χ0n) is 19.4. The molecule has 0 aromatic heterocycles. The van der Waals surface area contributed by atoms with Gasteiger partial charge in [-0.2, -0.15) is 0 Å². The highest BCUT2D eigenvalue weighted by atomic mass is 16.6. The summed E-state index contributed by atoms with van der Waals surface area (Å²) in [6.45, 7) is 2.19. The second-order valence-corrected chi connectivity index (χ2v) is 10.0. The number of oxime groups is 1. The van der Waals surface area contributed by atoms with Gasteiger partial charge in [0.2, 0.25) is 0 Å². The fourth-order valence-corrected chi connectivity index (χ4v) is 6.65. The van der Waals surface area contributed by atoms with Gasteiger partial charge in [-0.05, 0) is 79.0 Å². The number of benzene rings is 2. The molecule has 34 heavy (non-hydrogen) atoms. The molecule has 8 heteroatoms. The van der Waals surface area contributed by atoms with E-state index in [4.69, 9.17) is 9.57 Å². The van der Waals surface area contributed by atoms with E-state index < -0.39 is 4.92 Å². The largest absolute Gasteiger partial charge is 0.504 e. The number of aliphatic hydroxyl groups excluding tert-OH is 1. The molecule has 0 radical (unpaired) electrons. The third kappa shape index (κ3) is 3.60. The van der Waals surface area contributed by atoms with Crippen molar-refractivity contribution < 1.29 is 24.7 Å². The molecule has 3 aliphatic rings. The molecule has 2 fully saturated rings. The minimum atomic E-state index is -0.426. The second-order valence-electron chi connectivity index (χ2n) is 10.0. The van der Waals surface area contributed by atoms with Gasteiger partial charge in [-0.15, -0.1) is 0 Å². The zero-order valence-corrected chi connectivity index (χ0v) is 19.4. The van der Waals surface area contributed by atoms with Gasteiger partial charge < -0.3 is 19.8 Å². The summed E-state index contributed by atoms with van der Waals surface area (Å²) in [6, 6.07) is 10.1. The number of nitro groups is 1. The maximum atomic E-state index is 11.3. The summed E-state index contributed by atoms with van der Waals surface area (Å²) in [7, 11) is 1.54. The number of rotatable bonds is 5. The summed E-state index contributed by atoms with van der Waals surface area (Å²) in [4.78, 5) is 16.6. The minimum absolute atomic E-state index is 0.00261. The van der Waals surface area contributed by atoms with Crippen LogP contribution >= 0.6 is 0 Å². The highest BCUT2D eigenvalue weighted by Crippen LogP contribution is 2.61. The Morgan fingerprint density at radius 1 is 1.24 bits per heavy atom. The summed E-state index contributed by atoms with van der Waals surface area (Å²) >= 11 is 0. The molecule has 5 rings (SSSR count). The van der Waals surface area contributed by atoms with E-state index in [0.717, 1.165) is 42.5 Å². The Morgan fingerprint density at radius 2 is 2.03 bits per heavy atom. The maximum Gasteiger partial charge on any atom is 0.276 e. The molecule has 2 N–H and O–H groups in total. The van der Waals surface area contributed by atoms with E-state index in [2.05, 4.69) is 12.1 Å². The van der Waals surface area contributed by atoms with Crippen LogP contribution in [0.15, 0.2) is 41.6 Å². The Bertz CT molecular complexity index is 1150. The van der Waals surface area contributed by atoms with Crippen LogP contribution in [-0.2, 0) is 11.4 Å². The Kier molecular flexibility index (Phi) is 5.72. The monoisotopic (exact) mass is 466 g/mol. The number of methoxy groups -OCH3 is 1.